The molecule has 0 aliphatic carbocycles. The molecule has 150 valence electrons. The molecule has 0 radical (unpaired) electrons. The molecule has 0 unspecified atom stereocenters. The first-order chi connectivity index (χ1) is 13.3. The van der Waals surface area contributed by atoms with E-state index >= 15 is 0 Å². The van der Waals surface area contributed by atoms with Gasteiger partial charge in [0.05, 0.1) is 12.0 Å². The first-order valence-corrected chi connectivity index (χ1v) is 11.1. The molecule has 1 aliphatic rings. The molecule has 3 rings (SSSR count). The fourth-order valence-electron chi connectivity index (χ4n) is 3.33. The maximum atomic E-state index is 12.9. The predicted octanol–water partition coefficient (Wildman–Crippen LogP) is 2.37. The molecular formula is C21H26N2O4S. The van der Waals surface area contributed by atoms with Crippen LogP contribution in [0.15, 0.2) is 47.4 Å². The Kier molecular flexibility index (Phi) is 6.05. The van der Waals surface area contributed by atoms with Gasteiger partial charge >= 0.3 is 0 Å². The number of amides is 1. The molecule has 28 heavy (non-hydrogen) atoms. The zero-order valence-electron chi connectivity index (χ0n) is 16.5. The molecule has 0 spiro atoms. The zero-order valence-corrected chi connectivity index (χ0v) is 17.3. The lowest BCUT2D eigenvalue weighted by molar-refractivity contribution is 0.0627. The van der Waals surface area contributed by atoms with Gasteiger partial charge in [0, 0.05) is 44.5 Å². The Balaban J connectivity index is 1.63. The molecule has 0 bridgehead atoms. The summed E-state index contributed by atoms with van der Waals surface area (Å²) in [6.45, 7) is 5.47. The van der Waals surface area contributed by atoms with E-state index in [0.717, 1.165) is 37.2 Å². The highest BCUT2D eigenvalue weighted by molar-refractivity contribution is 7.90. The van der Waals surface area contributed by atoms with E-state index in [1.54, 1.807) is 24.1 Å². The maximum absolute atomic E-state index is 12.9. The van der Waals surface area contributed by atoms with E-state index in [1.807, 2.05) is 19.1 Å². The summed E-state index contributed by atoms with van der Waals surface area (Å²) in [6.07, 6.45) is 1.16. The Morgan fingerprint density at radius 2 is 1.68 bits per heavy atom. The second-order valence-electron chi connectivity index (χ2n) is 7.17. The maximum Gasteiger partial charge on any atom is 0.254 e. The van der Waals surface area contributed by atoms with E-state index in [9.17, 15) is 13.2 Å². The van der Waals surface area contributed by atoms with Crippen LogP contribution in [0.3, 0.4) is 0 Å². The predicted molar refractivity (Wildman–Crippen MR) is 108 cm³/mol. The lowest BCUT2D eigenvalue weighted by atomic mass is 10.1. The average molecular weight is 403 g/mol. The molecule has 1 heterocycles. The summed E-state index contributed by atoms with van der Waals surface area (Å²) in [6, 6.07) is 12.8. The molecular weight excluding hydrogens is 376 g/mol. The number of carbonyl (C=O) groups excluding carboxylic acids is 1. The van der Waals surface area contributed by atoms with E-state index in [4.69, 9.17) is 4.74 Å². The third kappa shape index (κ3) is 4.72. The minimum absolute atomic E-state index is 0.105. The smallest absolute Gasteiger partial charge is 0.254 e. The minimum Gasteiger partial charge on any atom is -0.497 e. The molecule has 0 saturated carbocycles. The van der Waals surface area contributed by atoms with Crippen molar-refractivity contribution in [2.24, 2.45) is 0 Å². The van der Waals surface area contributed by atoms with Crippen molar-refractivity contribution >= 4 is 15.7 Å². The van der Waals surface area contributed by atoms with Gasteiger partial charge in [-0.2, -0.15) is 0 Å². The SMILES string of the molecule is COc1ccc(CN2CCN(C(=O)c3cc(S(C)(=O)=O)ccc3C)CC2)cc1. The Morgan fingerprint density at radius 1 is 1.04 bits per heavy atom. The van der Waals surface area contributed by atoms with Crippen molar-refractivity contribution in [3.8, 4) is 5.75 Å². The van der Waals surface area contributed by atoms with Crippen molar-refractivity contribution < 1.29 is 17.9 Å². The van der Waals surface area contributed by atoms with Gasteiger partial charge < -0.3 is 9.64 Å². The minimum atomic E-state index is -3.34. The lowest BCUT2D eigenvalue weighted by Crippen LogP contribution is -2.48. The Bertz CT molecular complexity index is 947. The lowest BCUT2D eigenvalue weighted by Gasteiger charge is -2.35. The summed E-state index contributed by atoms with van der Waals surface area (Å²) < 4.78 is 28.8. The molecule has 2 aromatic carbocycles. The van der Waals surface area contributed by atoms with Gasteiger partial charge in [-0.15, -0.1) is 0 Å². The van der Waals surface area contributed by atoms with Gasteiger partial charge in [-0.1, -0.05) is 18.2 Å². The fourth-order valence-corrected chi connectivity index (χ4v) is 3.98. The zero-order chi connectivity index (χ0) is 20.3. The number of benzene rings is 2. The molecule has 1 fully saturated rings. The van der Waals surface area contributed by atoms with Gasteiger partial charge in [-0.05, 0) is 42.3 Å². The number of methoxy groups -OCH3 is 1. The quantitative estimate of drug-likeness (QED) is 0.768. The Labute approximate surface area is 166 Å². The summed E-state index contributed by atoms with van der Waals surface area (Å²) in [5, 5.41) is 0. The topological polar surface area (TPSA) is 66.9 Å². The molecule has 1 amide bonds. The average Bonchev–Trinajstić information content (AvgIpc) is 2.68. The van der Waals surface area contributed by atoms with Gasteiger partial charge in [0.1, 0.15) is 5.75 Å². The number of hydrogen-bond acceptors (Lipinski definition) is 5. The molecule has 0 atom stereocenters. The normalized spacial score (nSPS) is 15.5. The van der Waals surface area contributed by atoms with Crippen LogP contribution in [0.25, 0.3) is 0 Å². The van der Waals surface area contributed by atoms with Crippen molar-refractivity contribution in [3.05, 3.63) is 59.2 Å². The molecule has 1 aliphatic heterocycles. The number of hydrogen-bond donors (Lipinski definition) is 0. The van der Waals surface area contributed by atoms with Crippen LogP contribution in [0.4, 0.5) is 0 Å². The summed E-state index contributed by atoms with van der Waals surface area (Å²) in [5.41, 5.74) is 2.46. The number of aryl methyl sites for hydroxylation is 1. The van der Waals surface area contributed by atoms with E-state index in [1.165, 1.54) is 11.6 Å². The number of nitrogens with zero attached hydrogens (tertiary/aromatic N) is 2. The van der Waals surface area contributed by atoms with Crippen LogP contribution < -0.4 is 4.74 Å². The summed E-state index contributed by atoms with van der Waals surface area (Å²) in [4.78, 5) is 17.2. The van der Waals surface area contributed by atoms with Crippen LogP contribution in [0.5, 0.6) is 5.75 Å². The van der Waals surface area contributed by atoms with Crippen molar-refractivity contribution in [1.82, 2.24) is 9.80 Å². The molecule has 0 aromatic heterocycles. The van der Waals surface area contributed by atoms with Gasteiger partial charge in [-0.3, -0.25) is 9.69 Å². The van der Waals surface area contributed by atoms with Gasteiger partial charge in [0.15, 0.2) is 9.84 Å². The first kappa shape index (κ1) is 20.4. The number of sulfone groups is 1. The van der Waals surface area contributed by atoms with Crippen LogP contribution in [-0.2, 0) is 16.4 Å². The number of piperazine rings is 1. The van der Waals surface area contributed by atoms with Crippen LogP contribution >= 0.6 is 0 Å². The number of carbonyl (C=O) groups is 1. The van der Waals surface area contributed by atoms with Crippen molar-refractivity contribution in [2.75, 3.05) is 39.5 Å². The van der Waals surface area contributed by atoms with E-state index in [0.29, 0.717) is 18.7 Å². The standard InChI is InChI=1S/C21H26N2O4S/c1-16-4-9-19(28(3,25)26)14-20(16)21(24)23-12-10-22(11-13-23)15-17-5-7-18(27-2)8-6-17/h4-9,14H,10-13,15H2,1-3H3. The van der Waals surface area contributed by atoms with Gasteiger partial charge in [-0.25, -0.2) is 8.42 Å². The van der Waals surface area contributed by atoms with Crippen LogP contribution in [-0.4, -0.2) is 63.7 Å². The monoisotopic (exact) mass is 402 g/mol. The highest BCUT2D eigenvalue weighted by Crippen LogP contribution is 2.19. The van der Waals surface area contributed by atoms with Crippen molar-refractivity contribution in [1.29, 1.82) is 0 Å². The Morgan fingerprint density at radius 3 is 2.25 bits per heavy atom. The highest BCUT2D eigenvalue weighted by atomic mass is 32.2. The Hall–Kier alpha value is -2.38. The third-order valence-electron chi connectivity index (χ3n) is 5.09. The van der Waals surface area contributed by atoms with E-state index < -0.39 is 9.84 Å². The van der Waals surface area contributed by atoms with E-state index in [2.05, 4.69) is 17.0 Å². The number of ether oxygens (including phenoxy) is 1. The summed E-state index contributed by atoms with van der Waals surface area (Å²) in [7, 11) is -1.69. The second-order valence-corrected chi connectivity index (χ2v) is 9.18. The molecule has 0 N–H and O–H groups in total. The molecule has 6 nitrogen and oxygen atoms in total. The van der Waals surface area contributed by atoms with Crippen LogP contribution in [0.2, 0.25) is 0 Å². The number of rotatable bonds is 5. The van der Waals surface area contributed by atoms with Crippen LogP contribution in [0.1, 0.15) is 21.5 Å². The fraction of sp³-hybridized carbons (Fsp3) is 0.381. The van der Waals surface area contributed by atoms with Gasteiger partial charge in [0.2, 0.25) is 0 Å². The van der Waals surface area contributed by atoms with Crippen LogP contribution in [0, 0.1) is 6.92 Å². The van der Waals surface area contributed by atoms with E-state index in [-0.39, 0.29) is 10.8 Å². The molecule has 1 saturated heterocycles. The molecule has 7 heteroatoms. The summed E-state index contributed by atoms with van der Waals surface area (Å²) in [5.74, 6) is 0.734. The van der Waals surface area contributed by atoms with Crippen molar-refractivity contribution in [2.45, 2.75) is 18.4 Å². The third-order valence-corrected chi connectivity index (χ3v) is 6.20. The van der Waals surface area contributed by atoms with Gasteiger partial charge in [0.25, 0.3) is 5.91 Å². The summed E-state index contributed by atoms with van der Waals surface area (Å²) >= 11 is 0. The first-order valence-electron chi connectivity index (χ1n) is 9.23. The molecule has 2 aromatic rings. The van der Waals surface area contributed by atoms with Crippen molar-refractivity contribution in [3.63, 3.8) is 0 Å². The highest BCUT2D eigenvalue weighted by Gasteiger charge is 2.24. The second kappa shape index (κ2) is 8.32. The largest absolute Gasteiger partial charge is 0.497 e.